The number of ether oxygens (including phenoxy) is 1. The fourth-order valence-electron chi connectivity index (χ4n) is 3.30. The highest BCUT2D eigenvalue weighted by Gasteiger charge is 2.35. The van der Waals surface area contributed by atoms with Crippen molar-refractivity contribution in [3.63, 3.8) is 0 Å². The van der Waals surface area contributed by atoms with Crippen molar-refractivity contribution >= 4 is 11.6 Å². The van der Waals surface area contributed by atoms with Crippen LogP contribution >= 0.6 is 11.6 Å². The lowest BCUT2D eigenvalue weighted by molar-refractivity contribution is -0.0347. The van der Waals surface area contributed by atoms with Crippen molar-refractivity contribution in [1.29, 1.82) is 0 Å². The number of pyridine rings is 1. The van der Waals surface area contributed by atoms with Crippen molar-refractivity contribution in [2.75, 3.05) is 26.7 Å². The zero-order chi connectivity index (χ0) is 18.7. The first-order chi connectivity index (χ1) is 12.4. The van der Waals surface area contributed by atoms with Crippen molar-refractivity contribution in [1.82, 2.24) is 9.88 Å². The summed E-state index contributed by atoms with van der Waals surface area (Å²) in [5, 5.41) is 31.2. The van der Waals surface area contributed by atoms with E-state index in [1.165, 1.54) is 12.1 Å². The van der Waals surface area contributed by atoms with E-state index < -0.39 is 11.7 Å². The van der Waals surface area contributed by atoms with E-state index in [2.05, 4.69) is 9.88 Å². The molecule has 1 aliphatic rings. The molecule has 0 bridgehead atoms. The Hall–Kier alpha value is -1.86. The van der Waals surface area contributed by atoms with Crippen LogP contribution in [0.15, 0.2) is 36.5 Å². The fraction of sp³-hybridized carbons (Fsp3) is 0.421. The van der Waals surface area contributed by atoms with E-state index in [1.54, 1.807) is 25.4 Å². The number of halogens is 1. The van der Waals surface area contributed by atoms with Crippen molar-refractivity contribution in [2.45, 2.75) is 24.5 Å². The van der Waals surface area contributed by atoms with E-state index >= 15 is 0 Å². The average molecular weight is 379 g/mol. The van der Waals surface area contributed by atoms with Gasteiger partial charge in [-0.3, -0.25) is 0 Å². The number of nitrogens with zero attached hydrogens (tertiary/aromatic N) is 2. The molecule has 1 fully saturated rings. The highest BCUT2D eigenvalue weighted by atomic mass is 35.5. The Bertz CT molecular complexity index is 746. The molecule has 6 nitrogen and oxygen atoms in total. The molecule has 0 saturated carbocycles. The molecule has 0 spiro atoms. The minimum atomic E-state index is -0.920. The van der Waals surface area contributed by atoms with Crippen LogP contribution in [0.4, 0.5) is 0 Å². The number of aromatic hydroxyl groups is 1. The topological polar surface area (TPSA) is 86.1 Å². The van der Waals surface area contributed by atoms with Gasteiger partial charge in [-0.1, -0.05) is 17.7 Å². The predicted molar refractivity (Wildman–Crippen MR) is 98.4 cm³/mol. The van der Waals surface area contributed by atoms with Gasteiger partial charge in [0.25, 0.3) is 0 Å². The van der Waals surface area contributed by atoms with Gasteiger partial charge in [0.15, 0.2) is 0 Å². The number of benzene rings is 1. The Morgan fingerprint density at radius 1 is 1.27 bits per heavy atom. The van der Waals surface area contributed by atoms with E-state index in [-0.39, 0.29) is 5.75 Å². The van der Waals surface area contributed by atoms with Crippen LogP contribution in [0.1, 0.15) is 30.1 Å². The number of rotatable bonds is 5. The molecule has 1 aromatic heterocycles. The Morgan fingerprint density at radius 3 is 2.58 bits per heavy atom. The van der Waals surface area contributed by atoms with Crippen LogP contribution < -0.4 is 4.74 Å². The summed E-state index contributed by atoms with van der Waals surface area (Å²) in [4.78, 5) is 6.27. The first-order valence-corrected chi connectivity index (χ1v) is 8.91. The molecule has 1 atom stereocenters. The summed E-state index contributed by atoms with van der Waals surface area (Å²) in [7, 11) is 1.56. The van der Waals surface area contributed by atoms with Gasteiger partial charge in [-0.2, -0.15) is 0 Å². The summed E-state index contributed by atoms with van der Waals surface area (Å²) in [6.45, 7) is 1.71. The fourth-order valence-corrected chi connectivity index (χ4v) is 3.60. The average Bonchev–Trinajstić information content (AvgIpc) is 2.63. The van der Waals surface area contributed by atoms with Crippen molar-refractivity contribution in [3.05, 3.63) is 52.7 Å². The zero-order valence-corrected chi connectivity index (χ0v) is 15.4. The third-order valence-electron chi connectivity index (χ3n) is 4.94. The van der Waals surface area contributed by atoms with E-state index in [4.69, 9.17) is 16.3 Å². The molecule has 0 aliphatic carbocycles. The summed E-state index contributed by atoms with van der Waals surface area (Å²) in [5.41, 5.74) is 0.446. The number of methoxy groups -OCH3 is 1. The molecule has 3 rings (SSSR count). The summed E-state index contributed by atoms with van der Waals surface area (Å²) in [6.07, 6.45) is 2.00. The summed E-state index contributed by atoms with van der Waals surface area (Å²) < 4.78 is 5.05. The summed E-state index contributed by atoms with van der Waals surface area (Å²) >= 11 is 6.10. The summed E-state index contributed by atoms with van der Waals surface area (Å²) in [6, 6.07) is 8.15. The van der Waals surface area contributed by atoms with Crippen LogP contribution in [-0.2, 0) is 5.60 Å². The Morgan fingerprint density at radius 2 is 2.00 bits per heavy atom. The SMILES string of the molecule is COc1ccc(C2(O)CCN(CC(O)c3ccc(O)cc3Cl)CC2)cn1. The molecule has 2 heterocycles. The van der Waals surface area contributed by atoms with Crippen LogP contribution in [-0.4, -0.2) is 51.9 Å². The van der Waals surface area contributed by atoms with Crippen LogP contribution in [0, 0.1) is 0 Å². The molecular weight excluding hydrogens is 356 g/mol. The van der Waals surface area contributed by atoms with Gasteiger partial charge in [-0.15, -0.1) is 0 Å². The molecule has 1 aromatic carbocycles. The third kappa shape index (κ3) is 4.10. The highest BCUT2D eigenvalue weighted by Crippen LogP contribution is 2.34. The van der Waals surface area contributed by atoms with E-state index in [0.717, 1.165) is 5.56 Å². The minimum absolute atomic E-state index is 0.0714. The summed E-state index contributed by atoms with van der Waals surface area (Å²) in [5.74, 6) is 0.589. The van der Waals surface area contributed by atoms with E-state index in [9.17, 15) is 15.3 Å². The Balaban J connectivity index is 1.60. The second kappa shape index (κ2) is 7.80. The van der Waals surface area contributed by atoms with Gasteiger partial charge >= 0.3 is 0 Å². The van der Waals surface area contributed by atoms with Gasteiger partial charge in [0.05, 0.1) is 23.8 Å². The van der Waals surface area contributed by atoms with Gasteiger partial charge in [0.2, 0.25) is 5.88 Å². The molecule has 1 aliphatic heterocycles. The lowest BCUT2D eigenvalue weighted by Gasteiger charge is -2.39. The number of hydrogen-bond donors (Lipinski definition) is 3. The Kier molecular flexibility index (Phi) is 5.67. The number of aliphatic hydroxyl groups excluding tert-OH is 1. The number of phenols is 1. The van der Waals surface area contributed by atoms with Gasteiger partial charge in [0.1, 0.15) is 5.75 Å². The van der Waals surface area contributed by atoms with Gasteiger partial charge < -0.3 is 25.0 Å². The van der Waals surface area contributed by atoms with Gasteiger partial charge in [-0.25, -0.2) is 4.98 Å². The normalized spacial score (nSPS) is 18.5. The smallest absolute Gasteiger partial charge is 0.212 e. The standard InChI is InChI=1S/C19H23ClN2O4/c1-26-18-5-2-13(11-21-18)19(25)6-8-22(9-7-19)12-17(24)15-4-3-14(23)10-16(15)20/h2-5,10-11,17,23-25H,6-9,12H2,1H3. The Labute approximate surface area is 157 Å². The van der Waals surface area contributed by atoms with E-state index in [0.29, 0.717) is 48.9 Å². The number of aliphatic hydroxyl groups is 2. The number of aromatic nitrogens is 1. The molecule has 0 amide bonds. The predicted octanol–water partition coefficient (Wildman–Crippen LogP) is 2.47. The van der Waals surface area contributed by atoms with Crippen LogP contribution in [0.3, 0.4) is 0 Å². The highest BCUT2D eigenvalue weighted by molar-refractivity contribution is 6.31. The van der Waals surface area contributed by atoms with Gasteiger partial charge in [0, 0.05) is 43.0 Å². The number of hydrogen-bond acceptors (Lipinski definition) is 6. The quantitative estimate of drug-likeness (QED) is 0.741. The van der Waals surface area contributed by atoms with Crippen molar-refractivity contribution < 1.29 is 20.1 Å². The largest absolute Gasteiger partial charge is 0.508 e. The van der Waals surface area contributed by atoms with E-state index in [1.807, 2.05) is 6.07 Å². The van der Waals surface area contributed by atoms with Crippen molar-refractivity contribution in [3.8, 4) is 11.6 Å². The van der Waals surface area contributed by atoms with Crippen LogP contribution in [0.25, 0.3) is 0 Å². The number of likely N-dealkylation sites (tertiary alicyclic amines) is 1. The third-order valence-corrected chi connectivity index (χ3v) is 5.27. The molecule has 0 radical (unpaired) electrons. The van der Waals surface area contributed by atoms with Crippen LogP contribution in [0.5, 0.6) is 11.6 Å². The monoisotopic (exact) mass is 378 g/mol. The van der Waals surface area contributed by atoms with Crippen molar-refractivity contribution in [2.24, 2.45) is 0 Å². The second-order valence-corrected chi connectivity index (χ2v) is 7.05. The maximum Gasteiger partial charge on any atom is 0.212 e. The number of piperidine rings is 1. The second-order valence-electron chi connectivity index (χ2n) is 6.64. The number of phenolic OH excluding ortho intramolecular Hbond substituents is 1. The molecule has 140 valence electrons. The maximum atomic E-state index is 10.9. The molecule has 1 saturated heterocycles. The molecule has 26 heavy (non-hydrogen) atoms. The lowest BCUT2D eigenvalue weighted by Crippen LogP contribution is -2.44. The lowest BCUT2D eigenvalue weighted by atomic mass is 9.85. The first kappa shape index (κ1) is 18.9. The molecule has 1 unspecified atom stereocenters. The molecular formula is C19H23ClN2O4. The number of β-amino-alcohol motifs (C(OH)–C–C–N with tert-alkyl or cyclic N) is 1. The molecule has 2 aromatic rings. The molecule has 3 N–H and O–H groups in total. The van der Waals surface area contributed by atoms with Crippen LogP contribution in [0.2, 0.25) is 5.02 Å². The minimum Gasteiger partial charge on any atom is -0.508 e. The van der Waals surface area contributed by atoms with Gasteiger partial charge in [-0.05, 0) is 31.0 Å². The first-order valence-electron chi connectivity index (χ1n) is 8.53. The molecule has 7 heteroatoms. The zero-order valence-electron chi connectivity index (χ0n) is 14.6. The maximum absolute atomic E-state index is 10.9.